The van der Waals surface area contributed by atoms with E-state index in [2.05, 4.69) is 33.0 Å². The maximum Gasteiger partial charge on any atom is 0.319 e. The molecule has 3 saturated heterocycles. The van der Waals surface area contributed by atoms with E-state index >= 15 is 4.39 Å². The number of nitrogens with one attached hydrogen (secondary N) is 1. The van der Waals surface area contributed by atoms with Crippen molar-refractivity contribution in [3.05, 3.63) is 77.2 Å². The molecule has 2 saturated carbocycles. The molecule has 70 heavy (non-hydrogen) atoms. The number of benzene rings is 3. The van der Waals surface area contributed by atoms with Crippen molar-refractivity contribution in [3.8, 4) is 23.0 Å². The topological polar surface area (TPSA) is 146 Å². The lowest BCUT2D eigenvalue weighted by Gasteiger charge is -2.40. The van der Waals surface area contributed by atoms with Gasteiger partial charge < -0.3 is 33.8 Å². The lowest BCUT2D eigenvalue weighted by molar-refractivity contribution is -0.136. The van der Waals surface area contributed by atoms with Gasteiger partial charge in [0.05, 0.1) is 18.0 Å². The van der Waals surface area contributed by atoms with Crippen LogP contribution in [0.1, 0.15) is 73.4 Å². The molecule has 5 aromatic rings. The minimum absolute atomic E-state index is 0.0370. The van der Waals surface area contributed by atoms with Crippen LogP contribution in [0.15, 0.2) is 54.7 Å². The number of ether oxygens (including phenoxy) is 3. The summed E-state index contributed by atoms with van der Waals surface area (Å²) in [4.78, 5) is 62.6. The number of carbonyl (C=O) groups excluding carboxylic acids is 3. The second kappa shape index (κ2) is 18.9. The number of imide groups is 1. The zero-order valence-electron chi connectivity index (χ0n) is 40.2. The van der Waals surface area contributed by atoms with Crippen LogP contribution in [-0.2, 0) is 27.3 Å². The smallest absolute Gasteiger partial charge is 0.319 e. The third-order valence-electron chi connectivity index (χ3n) is 15.7. The SMILES string of the molecule is CCc1cccc2cc(OCOC)cc(-c3ncc4c(N(C)C5C[C@H]5F)nc(OCC5(CN6CCC(CN7CCN(c8ccc9c(c8)CN([C@H]8CCC(=O)NC8=O)C9=O)CC7)CC6)CC5)nc4c3F)c12. The Kier molecular flexibility index (Phi) is 12.5. The number of piperidine rings is 2. The molecule has 2 aromatic heterocycles. The van der Waals surface area contributed by atoms with E-state index in [1.807, 2.05) is 36.4 Å². The van der Waals surface area contributed by atoms with E-state index in [1.54, 1.807) is 36.2 Å². The van der Waals surface area contributed by atoms with Gasteiger partial charge in [0, 0.05) is 101 Å². The molecular formula is C53H61F2N9O6. The van der Waals surface area contributed by atoms with Gasteiger partial charge in [-0.05, 0) is 110 Å². The van der Waals surface area contributed by atoms with E-state index in [0.29, 0.717) is 60.0 Å². The molecule has 1 unspecified atom stereocenters. The van der Waals surface area contributed by atoms with Gasteiger partial charge in [0.15, 0.2) is 12.6 Å². The van der Waals surface area contributed by atoms with Crippen LogP contribution in [0, 0.1) is 17.2 Å². The Balaban J connectivity index is 0.716. The molecule has 17 heteroatoms. The van der Waals surface area contributed by atoms with Crippen LogP contribution in [0.4, 0.5) is 20.3 Å². The number of halogens is 2. The van der Waals surface area contributed by atoms with Crippen molar-refractivity contribution in [1.82, 2.24) is 35.0 Å². The molecule has 15 nitrogen and oxygen atoms in total. The van der Waals surface area contributed by atoms with Gasteiger partial charge >= 0.3 is 6.01 Å². The zero-order valence-corrected chi connectivity index (χ0v) is 40.2. The quantitative estimate of drug-likeness (QED) is 0.0846. The Labute approximate surface area is 406 Å². The molecular weight excluding hydrogens is 897 g/mol. The number of hydrogen-bond donors (Lipinski definition) is 1. The van der Waals surface area contributed by atoms with Crippen LogP contribution in [-0.4, -0.2) is 146 Å². The Morgan fingerprint density at radius 1 is 0.929 bits per heavy atom. The average Bonchev–Trinajstić information content (AvgIpc) is 4.29. The van der Waals surface area contributed by atoms with Crippen molar-refractivity contribution in [2.75, 3.05) is 89.7 Å². The first kappa shape index (κ1) is 46.3. The molecule has 3 aromatic carbocycles. The van der Waals surface area contributed by atoms with Crippen molar-refractivity contribution in [2.24, 2.45) is 11.3 Å². The van der Waals surface area contributed by atoms with Crippen molar-refractivity contribution in [3.63, 3.8) is 0 Å². The van der Waals surface area contributed by atoms with Crippen molar-refractivity contribution < 1.29 is 37.4 Å². The first-order chi connectivity index (χ1) is 34.0. The summed E-state index contributed by atoms with van der Waals surface area (Å²) >= 11 is 0. The highest BCUT2D eigenvalue weighted by Gasteiger charge is 2.46. The maximum atomic E-state index is 17.2. The summed E-state index contributed by atoms with van der Waals surface area (Å²) < 4.78 is 49.2. The van der Waals surface area contributed by atoms with Crippen molar-refractivity contribution in [2.45, 2.75) is 83.1 Å². The molecule has 5 fully saturated rings. The molecule has 368 valence electrons. The van der Waals surface area contributed by atoms with Crippen LogP contribution in [0.25, 0.3) is 32.9 Å². The molecule has 2 aliphatic carbocycles. The molecule has 0 radical (unpaired) electrons. The fourth-order valence-electron chi connectivity index (χ4n) is 11.3. The van der Waals surface area contributed by atoms with E-state index in [0.717, 1.165) is 112 Å². The lowest BCUT2D eigenvalue weighted by Crippen LogP contribution is -2.52. The summed E-state index contributed by atoms with van der Waals surface area (Å²) in [5.74, 6) is 0.120. The second-order valence-electron chi connectivity index (χ2n) is 20.4. The minimum atomic E-state index is -0.991. The summed E-state index contributed by atoms with van der Waals surface area (Å²) in [6.45, 7) is 10.7. The van der Waals surface area contributed by atoms with Crippen LogP contribution >= 0.6 is 0 Å². The average molecular weight is 958 g/mol. The Bertz CT molecular complexity index is 2850. The fourth-order valence-corrected chi connectivity index (χ4v) is 11.3. The number of pyridine rings is 1. The third kappa shape index (κ3) is 9.11. The first-order valence-corrected chi connectivity index (χ1v) is 25.0. The molecule has 6 aliphatic rings. The minimum Gasteiger partial charge on any atom is -0.468 e. The number of rotatable bonds is 16. The molecule has 3 amide bonds. The number of anilines is 2. The molecule has 1 N–H and O–H groups in total. The van der Waals surface area contributed by atoms with Crippen molar-refractivity contribution >= 4 is 50.9 Å². The first-order valence-electron chi connectivity index (χ1n) is 25.0. The summed E-state index contributed by atoms with van der Waals surface area (Å²) in [6, 6.07) is 14.8. The Morgan fingerprint density at radius 3 is 2.46 bits per heavy atom. The van der Waals surface area contributed by atoms with E-state index in [-0.39, 0.29) is 53.7 Å². The van der Waals surface area contributed by atoms with Gasteiger partial charge in [-0.1, -0.05) is 25.1 Å². The van der Waals surface area contributed by atoms with Crippen molar-refractivity contribution in [1.29, 1.82) is 0 Å². The highest BCUT2D eigenvalue weighted by molar-refractivity contribution is 6.06. The van der Waals surface area contributed by atoms with Gasteiger partial charge in [0.25, 0.3) is 5.91 Å². The van der Waals surface area contributed by atoms with Gasteiger partial charge in [-0.15, -0.1) is 0 Å². The Hall–Kier alpha value is -6.04. The third-order valence-corrected chi connectivity index (χ3v) is 15.7. The number of aromatic nitrogens is 3. The highest BCUT2D eigenvalue weighted by atomic mass is 19.1. The number of aryl methyl sites for hydroxylation is 1. The predicted molar refractivity (Wildman–Crippen MR) is 261 cm³/mol. The second-order valence-corrected chi connectivity index (χ2v) is 20.4. The van der Waals surface area contributed by atoms with Crippen LogP contribution in [0.3, 0.4) is 0 Å². The van der Waals surface area contributed by atoms with Gasteiger partial charge in [0.2, 0.25) is 11.8 Å². The zero-order chi connectivity index (χ0) is 48.3. The van der Waals surface area contributed by atoms with Crippen LogP contribution in [0.5, 0.6) is 11.8 Å². The van der Waals surface area contributed by atoms with Crippen LogP contribution in [0.2, 0.25) is 0 Å². The number of methoxy groups -OCH3 is 1. The summed E-state index contributed by atoms with van der Waals surface area (Å²) in [7, 11) is 3.34. The van der Waals surface area contributed by atoms with E-state index in [9.17, 15) is 18.8 Å². The lowest BCUT2D eigenvalue weighted by atomic mass is 9.94. The summed E-state index contributed by atoms with van der Waals surface area (Å²) in [6.07, 6.45) is 6.62. The standard InChI is InChI=1S/C53H61F2N9O6/c1-4-33-6-5-7-34-23-37(70-31-68-3)24-39(45(33)34)47-46(55)48-40(26-56-47)49(60(2)43-25-41(43)54)59-52(58-48)69-30-53(14-15-53)29-62-16-12-32(13-17-62)27-61-18-20-63(21-19-61)36-8-9-38-35(22-36)28-64(51(38)67)42-10-11-44(65)57-50(42)66/h5-9,22-24,26,32,41-43H,4,10-21,25,27-31H2,1-3H3,(H,57,65,66)/t41-,42+,43?/m1/s1. The number of hydrogen-bond acceptors (Lipinski definition) is 13. The van der Waals surface area contributed by atoms with Gasteiger partial charge in [0.1, 0.15) is 35.0 Å². The molecule has 0 spiro atoms. The molecule has 11 rings (SSSR count). The Morgan fingerprint density at radius 2 is 1.73 bits per heavy atom. The molecule has 0 bridgehead atoms. The fraction of sp³-hybridized carbons (Fsp3) is 0.509. The van der Waals surface area contributed by atoms with Gasteiger partial charge in [-0.3, -0.25) is 29.6 Å². The number of carbonyl (C=O) groups is 3. The predicted octanol–water partition coefficient (Wildman–Crippen LogP) is 6.53. The number of fused-ring (bicyclic) bond motifs is 3. The molecule has 3 atom stereocenters. The summed E-state index contributed by atoms with van der Waals surface area (Å²) in [5.41, 5.74) is 4.47. The van der Waals surface area contributed by atoms with Gasteiger partial charge in [-0.25, -0.2) is 8.78 Å². The van der Waals surface area contributed by atoms with Gasteiger partial charge in [-0.2, -0.15) is 9.97 Å². The molecule has 4 aliphatic heterocycles. The van der Waals surface area contributed by atoms with E-state index in [1.165, 1.54) is 0 Å². The van der Waals surface area contributed by atoms with E-state index < -0.39 is 23.9 Å². The number of likely N-dealkylation sites (tertiary alicyclic amines) is 1. The number of amides is 3. The monoisotopic (exact) mass is 957 g/mol. The summed E-state index contributed by atoms with van der Waals surface area (Å²) in [5, 5.41) is 4.56. The number of nitrogens with zero attached hydrogens (tertiary/aromatic N) is 8. The molecule has 6 heterocycles. The maximum absolute atomic E-state index is 17.2. The number of piperazine rings is 1. The van der Waals surface area contributed by atoms with Crippen LogP contribution < -0.4 is 24.6 Å². The normalized spacial score (nSPS) is 22.7. The van der Waals surface area contributed by atoms with E-state index in [4.69, 9.17) is 29.2 Å². The largest absolute Gasteiger partial charge is 0.468 e. The number of alkyl halides is 1. The highest BCUT2D eigenvalue weighted by Crippen LogP contribution is 2.47.